The molecule has 0 aliphatic rings. The topological polar surface area (TPSA) is 62.5 Å². The van der Waals surface area contributed by atoms with Crippen molar-refractivity contribution in [2.24, 2.45) is 0 Å². The van der Waals surface area contributed by atoms with E-state index in [4.69, 9.17) is 14.7 Å². The minimum Gasteiger partial charge on any atom is -0.508 e. The van der Waals surface area contributed by atoms with Crippen LogP contribution in [0.5, 0.6) is 17.2 Å². The van der Waals surface area contributed by atoms with Gasteiger partial charge < -0.3 is 14.6 Å². The lowest BCUT2D eigenvalue weighted by Gasteiger charge is -2.08. The Kier molecular flexibility index (Phi) is 3.89. The molecule has 2 rings (SSSR count). The number of ether oxygens (including phenoxy) is 2. The van der Waals surface area contributed by atoms with Crippen molar-refractivity contribution in [3.05, 3.63) is 53.6 Å². The molecule has 0 spiro atoms. The van der Waals surface area contributed by atoms with E-state index in [1.807, 2.05) is 6.07 Å². The zero-order valence-corrected chi connectivity index (χ0v) is 10.5. The first-order valence-corrected chi connectivity index (χ1v) is 5.72. The summed E-state index contributed by atoms with van der Waals surface area (Å²) in [6.07, 6.45) is 0. The molecule has 0 heterocycles. The van der Waals surface area contributed by atoms with Crippen LogP contribution in [0.2, 0.25) is 0 Å². The fourth-order valence-electron chi connectivity index (χ4n) is 1.66. The zero-order valence-electron chi connectivity index (χ0n) is 10.5. The lowest BCUT2D eigenvalue weighted by molar-refractivity contribution is 0.303. The molecule has 19 heavy (non-hydrogen) atoms. The maximum Gasteiger partial charge on any atom is 0.137 e. The molecule has 96 valence electrons. The van der Waals surface area contributed by atoms with Gasteiger partial charge in [-0.3, -0.25) is 0 Å². The summed E-state index contributed by atoms with van der Waals surface area (Å²) in [6, 6.07) is 13.9. The second kappa shape index (κ2) is 5.78. The van der Waals surface area contributed by atoms with Crippen molar-refractivity contribution in [2.45, 2.75) is 6.61 Å². The molecule has 0 bridgehead atoms. The third-order valence-electron chi connectivity index (χ3n) is 2.61. The van der Waals surface area contributed by atoms with Crippen LogP contribution in [0.3, 0.4) is 0 Å². The average Bonchev–Trinajstić information content (AvgIpc) is 2.45. The molecule has 0 atom stereocenters. The molecular formula is C15H13NO3. The second-order valence-electron chi connectivity index (χ2n) is 3.93. The van der Waals surface area contributed by atoms with Gasteiger partial charge in [0, 0.05) is 6.07 Å². The van der Waals surface area contributed by atoms with Gasteiger partial charge in [-0.2, -0.15) is 5.26 Å². The Hall–Kier alpha value is -2.67. The van der Waals surface area contributed by atoms with Crippen LogP contribution in [-0.4, -0.2) is 12.2 Å². The number of methoxy groups -OCH3 is 1. The van der Waals surface area contributed by atoms with Crippen LogP contribution < -0.4 is 9.47 Å². The van der Waals surface area contributed by atoms with Gasteiger partial charge in [0.2, 0.25) is 0 Å². The van der Waals surface area contributed by atoms with Crippen LogP contribution in [0.4, 0.5) is 0 Å². The molecule has 4 nitrogen and oxygen atoms in total. The van der Waals surface area contributed by atoms with E-state index in [2.05, 4.69) is 6.07 Å². The molecule has 0 radical (unpaired) electrons. The highest BCUT2D eigenvalue weighted by Crippen LogP contribution is 2.22. The number of phenols is 1. The summed E-state index contributed by atoms with van der Waals surface area (Å²) < 4.78 is 10.7. The Labute approximate surface area is 111 Å². The molecule has 0 saturated carbocycles. The minimum absolute atomic E-state index is 0.162. The molecule has 1 N–H and O–H groups in total. The third kappa shape index (κ3) is 3.17. The maximum atomic E-state index is 9.32. The first kappa shape index (κ1) is 12.8. The van der Waals surface area contributed by atoms with Gasteiger partial charge in [0.25, 0.3) is 0 Å². The van der Waals surface area contributed by atoms with E-state index in [-0.39, 0.29) is 5.75 Å². The quantitative estimate of drug-likeness (QED) is 0.912. The first-order valence-electron chi connectivity index (χ1n) is 5.72. The van der Waals surface area contributed by atoms with E-state index in [9.17, 15) is 5.11 Å². The van der Waals surface area contributed by atoms with Crippen LogP contribution in [0.25, 0.3) is 0 Å². The number of phenolic OH excluding ortho intramolecular Hbond substituents is 1. The van der Waals surface area contributed by atoms with Gasteiger partial charge in [-0.25, -0.2) is 0 Å². The molecule has 0 unspecified atom stereocenters. The van der Waals surface area contributed by atoms with Gasteiger partial charge in [0.05, 0.1) is 12.7 Å². The minimum atomic E-state index is 0.162. The highest BCUT2D eigenvalue weighted by Gasteiger charge is 2.04. The van der Waals surface area contributed by atoms with Crippen LogP contribution >= 0.6 is 0 Å². The van der Waals surface area contributed by atoms with E-state index in [1.165, 1.54) is 7.11 Å². The lowest BCUT2D eigenvalue weighted by Crippen LogP contribution is -1.97. The number of aromatic hydroxyl groups is 1. The standard InChI is InChI=1S/C15H13NO3/c1-18-15-7-11(5-6-12(15)9-16)10-19-14-4-2-3-13(17)8-14/h2-8,17H,10H2,1H3. The maximum absolute atomic E-state index is 9.32. The monoisotopic (exact) mass is 255 g/mol. The molecule has 0 fully saturated rings. The molecular weight excluding hydrogens is 242 g/mol. The Morgan fingerprint density at radius 2 is 2.05 bits per heavy atom. The van der Waals surface area contributed by atoms with Gasteiger partial charge in [0.15, 0.2) is 0 Å². The number of nitrogens with zero attached hydrogens (tertiary/aromatic N) is 1. The Morgan fingerprint density at radius 1 is 1.21 bits per heavy atom. The van der Waals surface area contributed by atoms with Gasteiger partial charge in [-0.1, -0.05) is 12.1 Å². The molecule has 0 aliphatic carbocycles. The lowest BCUT2D eigenvalue weighted by atomic mass is 10.1. The predicted octanol–water partition coefficient (Wildman–Crippen LogP) is 2.85. The smallest absolute Gasteiger partial charge is 0.137 e. The van der Waals surface area contributed by atoms with Crippen LogP contribution in [-0.2, 0) is 6.61 Å². The predicted molar refractivity (Wildman–Crippen MR) is 70.1 cm³/mol. The number of hydrogen-bond donors (Lipinski definition) is 1. The fourth-order valence-corrected chi connectivity index (χ4v) is 1.66. The number of rotatable bonds is 4. The summed E-state index contributed by atoms with van der Waals surface area (Å²) in [5.74, 6) is 1.28. The second-order valence-corrected chi connectivity index (χ2v) is 3.93. The molecule has 2 aromatic rings. The Balaban J connectivity index is 2.10. The molecule has 2 aromatic carbocycles. The molecule has 4 heteroatoms. The number of nitriles is 1. The molecule has 0 aromatic heterocycles. The Bertz CT molecular complexity index is 617. The summed E-state index contributed by atoms with van der Waals surface area (Å²) in [5.41, 5.74) is 1.38. The van der Waals surface area contributed by atoms with Crippen LogP contribution in [0.1, 0.15) is 11.1 Å². The first-order chi connectivity index (χ1) is 9.22. The molecule has 0 amide bonds. The SMILES string of the molecule is COc1cc(COc2cccc(O)c2)ccc1C#N. The third-order valence-corrected chi connectivity index (χ3v) is 2.61. The largest absolute Gasteiger partial charge is 0.508 e. The normalized spacial score (nSPS) is 9.68. The average molecular weight is 255 g/mol. The highest BCUT2D eigenvalue weighted by molar-refractivity contribution is 5.45. The molecule has 0 aliphatic heterocycles. The van der Waals surface area contributed by atoms with Gasteiger partial charge >= 0.3 is 0 Å². The summed E-state index contributed by atoms with van der Waals surface area (Å²) >= 11 is 0. The van der Waals surface area contributed by atoms with Crippen molar-refractivity contribution < 1.29 is 14.6 Å². The highest BCUT2D eigenvalue weighted by atomic mass is 16.5. The zero-order chi connectivity index (χ0) is 13.7. The van der Waals surface area contributed by atoms with E-state index in [0.29, 0.717) is 23.7 Å². The van der Waals surface area contributed by atoms with Gasteiger partial charge in [-0.05, 0) is 29.8 Å². The van der Waals surface area contributed by atoms with Crippen molar-refractivity contribution >= 4 is 0 Å². The van der Waals surface area contributed by atoms with Crippen LogP contribution in [0.15, 0.2) is 42.5 Å². The van der Waals surface area contributed by atoms with E-state index in [1.54, 1.807) is 36.4 Å². The number of benzene rings is 2. The van der Waals surface area contributed by atoms with Crippen LogP contribution in [0, 0.1) is 11.3 Å². The van der Waals surface area contributed by atoms with E-state index >= 15 is 0 Å². The van der Waals surface area contributed by atoms with E-state index in [0.717, 1.165) is 5.56 Å². The summed E-state index contributed by atoms with van der Waals surface area (Å²) in [4.78, 5) is 0. The molecule has 0 saturated heterocycles. The Morgan fingerprint density at radius 3 is 2.74 bits per heavy atom. The van der Waals surface area contributed by atoms with Crippen molar-refractivity contribution in [2.75, 3.05) is 7.11 Å². The number of hydrogen-bond acceptors (Lipinski definition) is 4. The van der Waals surface area contributed by atoms with Crippen molar-refractivity contribution in [1.82, 2.24) is 0 Å². The summed E-state index contributed by atoms with van der Waals surface area (Å²) in [5, 5.41) is 18.2. The van der Waals surface area contributed by atoms with Gasteiger partial charge in [0.1, 0.15) is 29.9 Å². The summed E-state index contributed by atoms with van der Waals surface area (Å²) in [6.45, 7) is 0.339. The van der Waals surface area contributed by atoms with Gasteiger partial charge in [-0.15, -0.1) is 0 Å². The van der Waals surface area contributed by atoms with Crippen molar-refractivity contribution in [3.63, 3.8) is 0 Å². The van der Waals surface area contributed by atoms with Crippen molar-refractivity contribution in [3.8, 4) is 23.3 Å². The fraction of sp³-hybridized carbons (Fsp3) is 0.133. The van der Waals surface area contributed by atoms with Crippen molar-refractivity contribution in [1.29, 1.82) is 5.26 Å². The summed E-state index contributed by atoms with van der Waals surface area (Å²) in [7, 11) is 1.52. The van der Waals surface area contributed by atoms with E-state index < -0.39 is 0 Å².